The maximum Gasteiger partial charge on any atom is 0.270 e. The molecule has 5 heterocycles. The van der Waals surface area contributed by atoms with Gasteiger partial charge in [-0.2, -0.15) is 5.26 Å². The van der Waals surface area contributed by atoms with Crippen LogP contribution in [-0.4, -0.2) is 19.9 Å². The van der Waals surface area contributed by atoms with Crippen molar-refractivity contribution in [2.45, 2.75) is 0 Å². The van der Waals surface area contributed by atoms with Crippen LogP contribution in [0.5, 0.6) is 0 Å². The van der Waals surface area contributed by atoms with E-state index in [0.717, 1.165) is 45.0 Å². The Morgan fingerprint density at radius 2 is 1.12 bits per heavy atom. The molecule has 0 spiro atoms. The summed E-state index contributed by atoms with van der Waals surface area (Å²) in [7, 11) is 0. The molecule has 0 aliphatic rings. The number of thiophene rings is 1. The molecule has 2 aromatic carbocycles. The predicted molar refractivity (Wildman–Crippen MR) is 163 cm³/mol. The van der Waals surface area contributed by atoms with Crippen LogP contribution in [0.4, 0.5) is 5.82 Å². The zero-order chi connectivity index (χ0) is 27.8. The van der Waals surface area contributed by atoms with Gasteiger partial charge in [0.2, 0.25) is 0 Å². The fourth-order valence-corrected chi connectivity index (χ4v) is 5.97. The second-order valence-electron chi connectivity index (χ2n) is 9.40. The van der Waals surface area contributed by atoms with Gasteiger partial charge in [-0.15, -0.1) is 16.3 Å². The molecule has 7 aromatic rings. The fraction of sp³-hybridized carbons (Fsp3) is 0. The molecule has 0 saturated carbocycles. The van der Waals surface area contributed by atoms with Gasteiger partial charge in [-0.3, -0.25) is 0 Å². The van der Waals surface area contributed by atoms with Gasteiger partial charge in [0.25, 0.3) is 5.82 Å². The summed E-state index contributed by atoms with van der Waals surface area (Å²) >= 11 is 1.76. The number of nitrogens with zero attached hydrogens (tertiary/aromatic N) is 6. The van der Waals surface area contributed by atoms with Crippen LogP contribution >= 0.6 is 11.3 Å². The van der Waals surface area contributed by atoms with E-state index < -0.39 is 0 Å². The third-order valence-electron chi connectivity index (χ3n) is 6.88. The molecular formula is C34H18N6S. The number of fused-ring (bicyclic) bond motifs is 3. The minimum Gasteiger partial charge on any atom is -0.361 e. The smallest absolute Gasteiger partial charge is 0.270 e. The van der Waals surface area contributed by atoms with E-state index in [1.807, 2.05) is 48.5 Å². The van der Waals surface area contributed by atoms with Crippen molar-refractivity contribution < 1.29 is 0 Å². The highest BCUT2D eigenvalue weighted by Crippen LogP contribution is 2.38. The standard InChI is InChI=1S/C34H18N6S/c1-36-34-19-24(13-15-38-34)31-7-3-5-29(40-31)22-9-11-33-27(18-22)26-17-21(8-10-32(26)41-33)28-4-2-6-30(39-28)23-12-14-37-25(16-23)20-35/h2-19H. The molecule has 0 bridgehead atoms. The minimum atomic E-state index is 0.351. The molecule has 0 aliphatic carbocycles. The summed E-state index contributed by atoms with van der Waals surface area (Å²) in [6, 6.07) is 34.2. The molecule has 190 valence electrons. The van der Waals surface area contributed by atoms with Gasteiger partial charge < -0.3 is 4.85 Å². The first-order chi connectivity index (χ1) is 20.2. The molecule has 0 N–H and O–H groups in total. The van der Waals surface area contributed by atoms with Crippen LogP contribution in [0.3, 0.4) is 0 Å². The van der Waals surface area contributed by atoms with E-state index in [0.29, 0.717) is 11.5 Å². The Morgan fingerprint density at radius 1 is 0.610 bits per heavy atom. The number of aromatic nitrogens is 4. The van der Waals surface area contributed by atoms with Crippen LogP contribution in [-0.2, 0) is 0 Å². The van der Waals surface area contributed by atoms with Crippen molar-refractivity contribution in [1.82, 2.24) is 19.9 Å². The first-order valence-electron chi connectivity index (χ1n) is 12.8. The molecular weight excluding hydrogens is 524 g/mol. The maximum atomic E-state index is 9.24. The zero-order valence-corrected chi connectivity index (χ0v) is 22.3. The lowest BCUT2D eigenvalue weighted by atomic mass is 10.0. The average Bonchev–Trinajstić information content (AvgIpc) is 3.42. The van der Waals surface area contributed by atoms with E-state index in [-0.39, 0.29) is 0 Å². The minimum absolute atomic E-state index is 0.351. The molecule has 0 aliphatic heterocycles. The summed E-state index contributed by atoms with van der Waals surface area (Å²) in [5, 5.41) is 11.6. The Kier molecular flexibility index (Phi) is 5.98. The lowest BCUT2D eigenvalue weighted by Crippen LogP contribution is -1.90. The largest absolute Gasteiger partial charge is 0.361 e. The van der Waals surface area contributed by atoms with Gasteiger partial charge in [0.15, 0.2) is 0 Å². The maximum absolute atomic E-state index is 9.24. The number of nitriles is 1. The van der Waals surface area contributed by atoms with Crippen LogP contribution in [0.1, 0.15) is 5.69 Å². The summed E-state index contributed by atoms with van der Waals surface area (Å²) in [6.07, 6.45) is 3.28. The molecule has 0 unspecified atom stereocenters. The van der Waals surface area contributed by atoms with Crippen molar-refractivity contribution in [1.29, 1.82) is 5.26 Å². The second-order valence-corrected chi connectivity index (χ2v) is 10.5. The first kappa shape index (κ1) is 24.3. The predicted octanol–water partition coefficient (Wildman–Crippen LogP) is 8.72. The van der Waals surface area contributed by atoms with Crippen LogP contribution in [0, 0.1) is 17.9 Å². The van der Waals surface area contributed by atoms with Crippen molar-refractivity contribution in [3.8, 4) is 51.1 Å². The Morgan fingerprint density at radius 3 is 1.66 bits per heavy atom. The molecule has 6 nitrogen and oxygen atoms in total. The highest BCUT2D eigenvalue weighted by Gasteiger charge is 2.12. The summed E-state index contributed by atoms with van der Waals surface area (Å²) in [5.74, 6) is 0.351. The lowest BCUT2D eigenvalue weighted by molar-refractivity contribution is 1.25. The lowest BCUT2D eigenvalue weighted by Gasteiger charge is -2.07. The monoisotopic (exact) mass is 542 g/mol. The Bertz CT molecular complexity index is 2050. The van der Waals surface area contributed by atoms with Crippen molar-refractivity contribution in [2.75, 3.05) is 0 Å². The molecule has 0 amide bonds. The third-order valence-corrected chi connectivity index (χ3v) is 8.04. The second kappa shape index (κ2) is 10.1. The van der Waals surface area contributed by atoms with Crippen molar-refractivity contribution in [3.63, 3.8) is 0 Å². The number of pyridine rings is 4. The molecule has 0 saturated heterocycles. The third kappa shape index (κ3) is 4.57. The zero-order valence-electron chi connectivity index (χ0n) is 21.5. The molecule has 7 heteroatoms. The number of hydrogen-bond acceptors (Lipinski definition) is 6. The summed E-state index contributed by atoms with van der Waals surface area (Å²) < 4.78 is 2.41. The van der Waals surface area contributed by atoms with Gasteiger partial charge in [0, 0.05) is 43.1 Å². The van der Waals surface area contributed by atoms with Crippen molar-refractivity contribution in [3.05, 3.63) is 127 Å². The van der Waals surface area contributed by atoms with E-state index in [1.54, 1.807) is 35.9 Å². The Labute approximate surface area is 239 Å². The van der Waals surface area contributed by atoms with E-state index in [9.17, 15) is 5.26 Å². The highest BCUT2D eigenvalue weighted by molar-refractivity contribution is 7.25. The average molecular weight is 543 g/mol. The fourth-order valence-electron chi connectivity index (χ4n) is 4.90. The van der Waals surface area contributed by atoms with Crippen LogP contribution in [0.2, 0.25) is 0 Å². The van der Waals surface area contributed by atoms with Crippen molar-refractivity contribution in [2.24, 2.45) is 0 Å². The molecule has 41 heavy (non-hydrogen) atoms. The topological polar surface area (TPSA) is 79.7 Å². The Balaban J connectivity index is 1.29. The van der Waals surface area contributed by atoms with Gasteiger partial charge in [0.1, 0.15) is 18.0 Å². The Hall–Kier alpha value is -5.76. The number of benzene rings is 2. The normalized spacial score (nSPS) is 10.9. The first-order valence-corrected chi connectivity index (χ1v) is 13.6. The quantitative estimate of drug-likeness (QED) is 0.208. The molecule has 7 rings (SSSR count). The van der Waals surface area contributed by atoms with Gasteiger partial charge >= 0.3 is 0 Å². The van der Waals surface area contributed by atoms with Crippen LogP contribution in [0.15, 0.2) is 109 Å². The van der Waals surface area contributed by atoms with E-state index in [1.165, 1.54) is 20.2 Å². The molecule has 0 atom stereocenters. The van der Waals surface area contributed by atoms with Gasteiger partial charge in [-0.05, 0) is 78.4 Å². The van der Waals surface area contributed by atoms with E-state index in [2.05, 4.69) is 57.3 Å². The van der Waals surface area contributed by atoms with E-state index >= 15 is 0 Å². The highest BCUT2D eigenvalue weighted by atomic mass is 32.1. The summed E-state index contributed by atoms with van der Waals surface area (Å²) in [6.45, 7) is 7.27. The number of hydrogen-bond donors (Lipinski definition) is 0. The van der Waals surface area contributed by atoms with Gasteiger partial charge in [-0.1, -0.05) is 30.8 Å². The van der Waals surface area contributed by atoms with Gasteiger partial charge in [0.05, 0.1) is 22.8 Å². The van der Waals surface area contributed by atoms with Crippen molar-refractivity contribution >= 4 is 37.3 Å². The molecule has 0 radical (unpaired) electrons. The SMILES string of the molecule is [C-]#[N+]c1cc(-c2cccc(-c3ccc4sc5ccc(-c6cccc(-c7ccnc(C#N)c7)n6)cc5c4c3)n2)ccn1. The molecule has 0 fully saturated rings. The van der Waals surface area contributed by atoms with Crippen LogP contribution < -0.4 is 0 Å². The van der Waals surface area contributed by atoms with E-state index in [4.69, 9.17) is 16.5 Å². The molecule has 5 aromatic heterocycles. The number of rotatable bonds is 4. The summed E-state index contributed by atoms with van der Waals surface area (Å²) in [4.78, 5) is 21.4. The van der Waals surface area contributed by atoms with Gasteiger partial charge in [-0.25, -0.2) is 15.0 Å². The van der Waals surface area contributed by atoms with Crippen LogP contribution in [0.25, 0.3) is 70.0 Å². The summed E-state index contributed by atoms with van der Waals surface area (Å²) in [5.41, 5.74) is 7.46.